The van der Waals surface area contributed by atoms with Gasteiger partial charge in [-0.25, -0.2) is 0 Å². The number of benzene rings is 1. The van der Waals surface area contributed by atoms with Crippen LogP contribution in [0.3, 0.4) is 0 Å². The second kappa shape index (κ2) is 5.36. The molecule has 2 rings (SSSR count). The summed E-state index contributed by atoms with van der Waals surface area (Å²) in [5, 5.41) is 9.47. The number of hydrogen-bond donors (Lipinski definition) is 2. The zero-order valence-corrected chi connectivity index (χ0v) is 10.0. The minimum atomic E-state index is -0.281. The van der Waals surface area contributed by atoms with Crippen molar-refractivity contribution in [2.75, 3.05) is 6.61 Å². The molecule has 0 bridgehead atoms. The summed E-state index contributed by atoms with van der Waals surface area (Å²) >= 11 is 6.08. The molecule has 0 radical (unpaired) electrons. The molecule has 1 heterocycles. The Morgan fingerprint density at radius 1 is 1.24 bits per heavy atom. The van der Waals surface area contributed by atoms with Crippen LogP contribution in [0, 0.1) is 0 Å². The number of hydrogen-bond acceptors (Lipinski definition) is 3. The van der Waals surface area contributed by atoms with Gasteiger partial charge >= 0.3 is 0 Å². The highest BCUT2D eigenvalue weighted by Gasteiger charge is 2.12. The van der Waals surface area contributed by atoms with Gasteiger partial charge in [-0.1, -0.05) is 23.7 Å². The first-order valence-corrected chi connectivity index (χ1v) is 5.81. The van der Waals surface area contributed by atoms with E-state index in [1.165, 1.54) is 0 Å². The molecule has 90 valence electrons. The second-order valence-corrected chi connectivity index (χ2v) is 4.21. The molecule has 1 aromatic carbocycles. The minimum Gasteiger partial charge on any atom is -0.459 e. The Bertz CT molecular complexity index is 496. The fourth-order valence-electron chi connectivity index (χ4n) is 1.64. The van der Waals surface area contributed by atoms with Crippen molar-refractivity contribution < 1.29 is 9.52 Å². The highest BCUT2D eigenvalue weighted by atomic mass is 35.5. The zero-order valence-electron chi connectivity index (χ0n) is 9.27. The monoisotopic (exact) mass is 251 g/mol. The molecule has 0 amide bonds. The van der Waals surface area contributed by atoms with E-state index in [1.54, 1.807) is 0 Å². The van der Waals surface area contributed by atoms with Gasteiger partial charge in [-0.2, -0.15) is 0 Å². The Labute approximate surface area is 105 Å². The molecule has 1 aromatic heterocycles. The van der Waals surface area contributed by atoms with Crippen molar-refractivity contribution in [3.8, 4) is 11.3 Å². The predicted octanol–water partition coefficient (Wildman–Crippen LogP) is 2.98. The van der Waals surface area contributed by atoms with Gasteiger partial charge in [0.15, 0.2) is 0 Å². The molecular formula is C13H14ClNO2. The molecule has 0 fully saturated rings. The summed E-state index contributed by atoms with van der Waals surface area (Å²) in [5.41, 5.74) is 6.69. The summed E-state index contributed by atoms with van der Waals surface area (Å²) in [5.74, 6) is 1.35. The summed E-state index contributed by atoms with van der Waals surface area (Å²) in [6.07, 6.45) is 0.482. The first-order chi connectivity index (χ1) is 8.22. The molecule has 3 N–H and O–H groups in total. The van der Waals surface area contributed by atoms with Gasteiger partial charge < -0.3 is 15.3 Å². The van der Waals surface area contributed by atoms with E-state index < -0.39 is 0 Å². The van der Waals surface area contributed by atoms with Gasteiger partial charge in [0, 0.05) is 12.2 Å². The van der Waals surface area contributed by atoms with Crippen molar-refractivity contribution >= 4 is 11.6 Å². The van der Waals surface area contributed by atoms with E-state index >= 15 is 0 Å². The highest BCUT2D eigenvalue weighted by molar-refractivity contribution is 6.33. The fraction of sp³-hybridized carbons (Fsp3) is 0.231. The van der Waals surface area contributed by atoms with Crippen molar-refractivity contribution in [2.24, 2.45) is 5.73 Å². The normalized spacial score (nSPS) is 12.6. The largest absolute Gasteiger partial charge is 0.459 e. The van der Waals surface area contributed by atoms with Crippen LogP contribution in [0.25, 0.3) is 11.3 Å². The Morgan fingerprint density at radius 2 is 2.00 bits per heavy atom. The number of aliphatic hydroxyl groups excluding tert-OH is 1. The van der Waals surface area contributed by atoms with E-state index in [1.807, 2.05) is 36.4 Å². The smallest absolute Gasteiger partial charge is 0.135 e. The minimum absolute atomic E-state index is 0.0449. The summed E-state index contributed by atoms with van der Waals surface area (Å²) in [4.78, 5) is 0. The molecule has 1 atom stereocenters. The molecule has 0 saturated heterocycles. The van der Waals surface area contributed by atoms with Crippen LogP contribution in [0.2, 0.25) is 5.02 Å². The third-order valence-corrected chi connectivity index (χ3v) is 2.90. The maximum atomic E-state index is 8.82. The van der Waals surface area contributed by atoms with E-state index in [9.17, 15) is 0 Å². The average molecular weight is 252 g/mol. The molecule has 3 nitrogen and oxygen atoms in total. The van der Waals surface area contributed by atoms with Crippen LogP contribution in [-0.4, -0.2) is 11.7 Å². The summed E-state index contributed by atoms with van der Waals surface area (Å²) in [7, 11) is 0. The maximum absolute atomic E-state index is 8.82. The lowest BCUT2D eigenvalue weighted by Gasteiger charge is -2.06. The standard InChI is InChI=1S/C13H14ClNO2/c14-10-4-2-1-3-9(10)12-5-6-13(17-12)11(15)7-8-16/h1-6,11,16H,7-8,15H2. The zero-order chi connectivity index (χ0) is 12.3. The van der Waals surface area contributed by atoms with E-state index in [-0.39, 0.29) is 12.6 Å². The molecule has 17 heavy (non-hydrogen) atoms. The quantitative estimate of drug-likeness (QED) is 0.878. The number of furan rings is 1. The highest BCUT2D eigenvalue weighted by Crippen LogP contribution is 2.30. The lowest BCUT2D eigenvalue weighted by molar-refractivity contribution is 0.269. The van der Waals surface area contributed by atoms with Crippen molar-refractivity contribution in [1.29, 1.82) is 0 Å². The van der Waals surface area contributed by atoms with E-state index in [2.05, 4.69) is 0 Å². The lowest BCUT2D eigenvalue weighted by Crippen LogP contribution is -2.10. The molecule has 0 aliphatic carbocycles. The third-order valence-electron chi connectivity index (χ3n) is 2.57. The third kappa shape index (κ3) is 2.69. The first-order valence-electron chi connectivity index (χ1n) is 5.43. The van der Waals surface area contributed by atoms with E-state index in [0.717, 1.165) is 5.56 Å². The molecule has 0 spiro atoms. The Balaban J connectivity index is 2.27. The predicted molar refractivity (Wildman–Crippen MR) is 67.8 cm³/mol. The molecule has 0 saturated carbocycles. The van der Waals surface area contributed by atoms with Gasteiger partial charge in [-0.3, -0.25) is 0 Å². The maximum Gasteiger partial charge on any atom is 0.135 e. The average Bonchev–Trinajstić information content (AvgIpc) is 2.79. The van der Waals surface area contributed by atoms with Crippen LogP contribution in [0.15, 0.2) is 40.8 Å². The van der Waals surface area contributed by atoms with Gasteiger partial charge in [0.1, 0.15) is 11.5 Å². The fourth-order valence-corrected chi connectivity index (χ4v) is 1.87. The SMILES string of the molecule is NC(CCO)c1ccc(-c2ccccc2Cl)o1. The molecular weight excluding hydrogens is 238 g/mol. The van der Waals surface area contributed by atoms with E-state index in [0.29, 0.717) is 23.0 Å². The van der Waals surface area contributed by atoms with Gasteiger partial charge in [0.25, 0.3) is 0 Å². The Morgan fingerprint density at radius 3 is 2.71 bits per heavy atom. The van der Waals surface area contributed by atoms with Crippen LogP contribution in [0.4, 0.5) is 0 Å². The summed E-state index contributed by atoms with van der Waals surface area (Å²) in [6.45, 7) is 0.0449. The molecule has 4 heteroatoms. The van der Waals surface area contributed by atoms with Crippen LogP contribution in [0.5, 0.6) is 0 Å². The van der Waals surface area contributed by atoms with Crippen LogP contribution >= 0.6 is 11.6 Å². The Hall–Kier alpha value is -1.29. The number of aliphatic hydroxyl groups is 1. The van der Waals surface area contributed by atoms with Crippen molar-refractivity contribution in [1.82, 2.24) is 0 Å². The van der Waals surface area contributed by atoms with E-state index in [4.69, 9.17) is 26.9 Å². The van der Waals surface area contributed by atoms with Gasteiger partial charge in [-0.15, -0.1) is 0 Å². The lowest BCUT2D eigenvalue weighted by atomic mass is 10.1. The van der Waals surface area contributed by atoms with Gasteiger partial charge in [-0.05, 0) is 30.7 Å². The second-order valence-electron chi connectivity index (χ2n) is 3.80. The number of halogens is 1. The van der Waals surface area contributed by atoms with Gasteiger partial charge in [0.2, 0.25) is 0 Å². The first kappa shape index (κ1) is 12.2. The number of nitrogens with two attached hydrogens (primary N) is 1. The van der Waals surface area contributed by atoms with Crippen molar-refractivity contribution in [3.63, 3.8) is 0 Å². The molecule has 1 unspecified atom stereocenters. The topological polar surface area (TPSA) is 59.4 Å². The number of rotatable bonds is 4. The molecule has 0 aliphatic heterocycles. The van der Waals surface area contributed by atoms with Crippen molar-refractivity contribution in [2.45, 2.75) is 12.5 Å². The molecule has 0 aliphatic rings. The van der Waals surface area contributed by atoms with Crippen LogP contribution in [-0.2, 0) is 0 Å². The van der Waals surface area contributed by atoms with Crippen LogP contribution < -0.4 is 5.73 Å². The Kier molecular flexibility index (Phi) is 3.84. The van der Waals surface area contributed by atoms with Crippen molar-refractivity contribution in [3.05, 3.63) is 47.2 Å². The molecule has 2 aromatic rings. The summed E-state index contributed by atoms with van der Waals surface area (Å²) < 4.78 is 5.64. The van der Waals surface area contributed by atoms with Crippen LogP contribution in [0.1, 0.15) is 18.2 Å². The van der Waals surface area contributed by atoms with Gasteiger partial charge in [0.05, 0.1) is 11.1 Å². The summed E-state index contributed by atoms with van der Waals surface area (Å²) in [6, 6.07) is 10.8.